The van der Waals surface area contributed by atoms with Crippen molar-refractivity contribution in [2.75, 3.05) is 12.4 Å². The van der Waals surface area contributed by atoms with Crippen molar-refractivity contribution in [1.29, 1.82) is 0 Å². The topological polar surface area (TPSA) is 39.9 Å². The second kappa shape index (κ2) is 5.95. The second-order valence-corrected chi connectivity index (χ2v) is 7.24. The zero-order valence-electron chi connectivity index (χ0n) is 12.9. The van der Waals surface area contributed by atoms with E-state index in [2.05, 4.69) is 27.8 Å². The minimum absolute atomic E-state index is 0.658. The molecule has 2 fully saturated rings. The zero-order chi connectivity index (χ0) is 14.9. The summed E-state index contributed by atoms with van der Waals surface area (Å²) in [6, 6.07) is 8.81. The van der Waals surface area contributed by atoms with E-state index in [1.807, 2.05) is 18.2 Å². The molecule has 0 amide bonds. The van der Waals surface area contributed by atoms with Gasteiger partial charge in [-0.05, 0) is 44.2 Å². The summed E-state index contributed by atoms with van der Waals surface area (Å²) in [5.74, 6) is 3.78. The molecule has 1 heterocycles. The van der Waals surface area contributed by atoms with Gasteiger partial charge in [0.2, 0.25) is 0 Å². The van der Waals surface area contributed by atoms with Crippen molar-refractivity contribution in [3.8, 4) is 5.75 Å². The Morgan fingerprint density at radius 1 is 1.18 bits per heavy atom. The Balaban J connectivity index is 1.35. The molecule has 4 rings (SSSR count). The third kappa shape index (κ3) is 3.00. The third-order valence-corrected chi connectivity index (χ3v) is 5.12. The van der Waals surface area contributed by atoms with Gasteiger partial charge in [-0.1, -0.05) is 30.0 Å². The van der Waals surface area contributed by atoms with Gasteiger partial charge in [-0.2, -0.15) is 0 Å². The van der Waals surface area contributed by atoms with Gasteiger partial charge in [0, 0.05) is 17.7 Å². The smallest absolute Gasteiger partial charge is 0.191 e. The Bertz CT molecular complexity index is 662. The summed E-state index contributed by atoms with van der Waals surface area (Å²) in [5, 5.41) is 9.94. The highest BCUT2D eigenvalue weighted by Gasteiger charge is 2.36. The minimum Gasteiger partial charge on any atom is -0.492 e. The predicted molar refractivity (Wildman–Crippen MR) is 87.7 cm³/mol. The van der Waals surface area contributed by atoms with Crippen molar-refractivity contribution in [2.45, 2.75) is 49.7 Å². The first-order chi connectivity index (χ1) is 10.8. The lowest BCUT2D eigenvalue weighted by Gasteiger charge is -2.10. The quantitative estimate of drug-likeness (QED) is 0.572. The van der Waals surface area contributed by atoms with E-state index in [4.69, 9.17) is 4.74 Å². The van der Waals surface area contributed by atoms with Crippen molar-refractivity contribution in [3.63, 3.8) is 0 Å². The van der Waals surface area contributed by atoms with Crippen LogP contribution in [0.5, 0.6) is 5.75 Å². The van der Waals surface area contributed by atoms with Crippen LogP contribution in [0.4, 0.5) is 0 Å². The van der Waals surface area contributed by atoms with Crippen molar-refractivity contribution in [2.24, 2.45) is 0 Å². The summed E-state index contributed by atoms with van der Waals surface area (Å²) in [4.78, 5) is 0. The van der Waals surface area contributed by atoms with Gasteiger partial charge in [-0.15, -0.1) is 10.2 Å². The average Bonchev–Trinajstić information content (AvgIpc) is 3.44. The molecule has 0 radical (unpaired) electrons. The van der Waals surface area contributed by atoms with E-state index in [9.17, 15) is 0 Å². The summed E-state index contributed by atoms with van der Waals surface area (Å²) < 4.78 is 8.26. The van der Waals surface area contributed by atoms with Gasteiger partial charge >= 0.3 is 0 Å². The molecule has 0 unspecified atom stereocenters. The van der Waals surface area contributed by atoms with Crippen LogP contribution >= 0.6 is 11.8 Å². The van der Waals surface area contributed by atoms with Crippen molar-refractivity contribution >= 4 is 11.8 Å². The molecule has 5 heteroatoms. The summed E-state index contributed by atoms with van der Waals surface area (Å²) >= 11 is 1.77. The Kier molecular flexibility index (Phi) is 3.82. The molecule has 0 bridgehead atoms. The average molecular weight is 315 g/mol. The van der Waals surface area contributed by atoms with Gasteiger partial charge in [-0.3, -0.25) is 0 Å². The first-order valence-corrected chi connectivity index (χ1v) is 9.07. The maximum absolute atomic E-state index is 5.86. The van der Waals surface area contributed by atoms with Crippen LogP contribution < -0.4 is 4.74 Å². The highest BCUT2D eigenvalue weighted by atomic mass is 32.2. The predicted octanol–water partition coefficient (Wildman–Crippen LogP) is 3.97. The molecule has 0 N–H and O–H groups in total. The van der Waals surface area contributed by atoms with Crippen LogP contribution in [0.2, 0.25) is 0 Å². The fourth-order valence-electron chi connectivity index (χ4n) is 2.69. The number of para-hydroxylation sites is 1. The number of aryl methyl sites for hydroxylation is 1. The van der Waals surface area contributed by atoms with Gasteiger partial charge in [-0.25, -0.2) is 0 Å². The summed E-state index contributed by atoms with van der Waals surface area (Å²) in [6.07, 6.45) is 5.13. The highest BCUT2D eigenvalue weighted by molar-refractivity contribution is 7.99. The maximum atomic E-state index is 5.86. The van der Waals surface area contributed by atoms with Crippen LogP contribution in [0.1, 0.15) is 49.0 Å². The van der Waals surface area contributed by atoms with E-state index in [-0.39, 0.29) is 0 Å². The van der Waals surface area contributed by atoms with Crippen molar-refractivity contribution < 1.29 is 4.74 Å². The monoisotopic (exact) mass is 315 g/mol. The van der Waals surface area contributed by atoms with Crippen LogP contribution in [-0.4, -0.2) is 27.1 Å². The van der Waals surface area contributed by atoms with E-state index >= 15 is 0 Å². The van der Waals surface area contributed by atoms with E-state index < -0.39 is 0 Å². The van der Waals surface area contributed by atoms with Gasteiger partial charge in [0.15, 0.2) is 5.16 Å². The lowest BCUT2D eigenvalue weighted by Crippen LogP contribution is -2.05. The number of aromatic nitrogens is 3. The van der Waals surface area contributed by atoms with Gasteiger partial charge in [0.25, 0.3) is 0 Å². The number of benzene rings is 1. The Morgan fingerprint density at radius 3 is 2.73 bits per heavy atom. The Labute approximate surface area is 135 Å². The van der Waals surface area contributed by atoms with Crippen LogP contribution in [0.25, 0.3) is 0 Å². The van der Waals surface area contributed by atoms with E-state index in [0.717, 1.165) is 16.7 Å². The van der Waals surface area contributed by atoms with Crippen molar-refractivity contribution in [3.05, 3.63) is 35.7 Å². The first-order valence-electron chi connectivity index (χ1n) is 8.09. The summed E-state index contributed by atoms with van der Waals surface area (Å²) in [7, 11) is 0. The number of hydrogen-bond acceptors (Lipinski definition) is 4. The number of ether oxygens (including phenoxy) is 1. The van der Waals surface area contributed by atoms with Crippen molar-refractivity contribution in [1.82, 2.24) is 14.8 Å². The summed E-state index contributed by atoms with van der Waals surface area (Å²) in [5.41, 5.74) is 1.18. The molecule has 2 aliphatic carbocycles. The SMILES string of the molecule is Cc1ccccc1OCCSc1nnc(C2CC2)n1C1CC1. The van der Waals surface area contributed by atoms with E-state index in [0.29, 0.717) is 18.6 Å². The maximum Gasteiger partial charge on any atom is 0.191 e. The van der Waals surface area contributed by atoms with Crippen LogP contribution in [0.3, 0.4) is 0 Å². The molecule has 116 valence electrons. The molecular formula is C17H21N3OS. The van der Waals surface area contributed by atoms with Gasteiger partial charge < -0.3 is 9.30 Å². The van der Waals surface area contributed by atoms with Gasteiger partial charge in [0.05, 0.1) is 6.61 Å². The molecular weight excluding hydrogens is 294 g/mol. The molecule has 22 heavy (non-hydrogen) atoms. The second-order valence-electron chi connectivity index (χ2n) is 6.18. The number of nitrogens with zero attached hydrogens (tertiary/aromatic N) is 3. The van der Waals surface area contributed by atoms with Crippen LogP contribution in [0, 0.1) is 6.92 Å². The third-order valence-electron chi connectivity index (χ3n) is 4.21. The number of rotatable bonds is 7. The molecule has 1 aromatic heterocycles. The molecule has 0 atom stereocenters. The molecule has 4 nitrogen and oxygen atoms in total. The minimum atomic E-state index is 0.658. The lowest BCUT2D eigenvalue weighted by atomic mass is 10.2. The zero-order valence-corrected chi connectivity index (χ0v) is 13.7. The van der Waals surface area contributed by atoms with Gasteiger partial charge in [0.1, 0.15) is 11.6 Å². The highest BCUT2D eigenvalue weighted by Crippen LogP contribution is 2.45. The fourth-order valence-corrected chi connectivity index (χ4v) is 3.52. The number of thioether (sulfide) groups is 1. The van der Waals surface area contributed by atoms with E-state index in [1.54, 1.807) is 11.8 Å². The Hall–Kier alpha value is -1.49. The largest absolute Gasteiger partial charge is 0.492 e. The molecule has 0 spiro atoms. The van der Waals surface area contributed by atoms with E-state index in [1.165, 1.54) is 37.1 Å². The molecule has 0 aliphatic heterocycles. The Morgan fingerprint density at radius 2 is 2.00 bits per heavy atom. The standard InChI is InChI=1S/C17H21N3OS/c1-12-4-2-3-5-15(12)21-10-11-22-17-19-18-16(13-6-7-13)20(17)14-8-9-14/h2-5,13-14H,6-11H2,1H3. The fraction of sp³-hybridized carbons (Fsp3) is 0.529. The molecule has 0 saturated heterocycles. The summed E-state index contributed by atoms with van der Waals surface area (Å²) in [6.45, 7) is 2.78. The van der Waals surface area contributed by atoms with Crippen LogP contribution in [-0.2, 0) is 0 Å². The molecule has 2 aliphatic rings. The normalized spacial score (nSPS) is 17.7. The van der Waals surface area contributed by atoms with Crippen LogP contribution in [0.15, 0.2) is 29.4 Å². The lowest BCUT2D eigenvalue weighted by molar-refractivity contribution is 0.341. The molecule has 2 aromatic rings. The molecule has 1 aromatic carbocycles. The number of hydrogen-bond donors (Lipinski definition) is 0. The first kappa shape index (κ1) is 14.1. The molecule has 2 saturated carbocycles.